The van der Waals surface area contributed by atoms with Gasteiger partial charge in [-0.05, 0) is 0 Å². The molecule has 1 aliphatic heterocycles. The van der Waals surface area contributed by atoms with E-state index in [4.69, 9.17) is 14.7 Å². The Morgan fingerprint density at radius 1 is 1.20 bits per heavy atom. The molecule has 1 heterocycles. The number of aliphatic hydroxyl groups excluding tert-OH is 4. The van der Waals surface area contributed by atoms with Crippen molar-refractivity contribution in [2.24, 2.45) is 0 Å². The number of hydrogen-bond acceptors (Lipinski definition) is 7. The van der Waals surface area contributed by atoms with Crippen molar-refractivity contribution >= 4 is 8.25 Å². The van der Waals surface area contributed by atoms with E-state index in [1.807, 2.05) is 0 Å². The number of ether oxygens (including phenoxy) is 1. The Hall–Kier alpha value is -0.180. The fourth-order valence-corrected chi connectivity index (χ4v) is 1.60. The molecule has 0 aromatic heterocycles. The standard InChI is InChI=1S/C6H11O8P/c7-1-2-3(8)4(9)5(10)6(13-2)14-15(11)12/h2-10H,1H2/p+1/t2-,3-,4+,5+,6?/m1/s1. The summed E-state index contributed by atoms with van der Waals surface area (Å²) in [6.45, 7) is -0.618. The molecule has 0 aromatic carbocycles. The molecular weight excluding hydrogens is 231 g/mol. The second kappa shape index (κ2) is 5.24. The Kier molecular flexibility index (Phi) is 4.50. The van der Waals surface area contributed by atoms with E-state index in [1.54, 1.807) is 0 Å². The molecule has 88 valence electrons. The highest BCUT2D eigenvalue weighted by Crippen LogP contribution is 2.28. The fourth-order valence-electron chi connectivity index (χ4n) is 1.24. The quantitative estimate of drug-likeness (QED) is 0.342. The van der Waals surface area contributed by atoms with Crippen LogP contribution in [0.5, 0.6) is 0 Å². The highest BCUT2D eigenvalue weighted by molar-refractivity contribution is 7.32. The third kappa shape index (κ3) is 2.90. The summed E-state index contributed by atoms with van der Waals surface area (Å²) in [6.07, 6.45) is -7.50. The largest absolute Gasteiger partial charge is 0.697 e. The summed E-state index contributed by atoms with van der Waals surface area (Å²) in [5, 5.41) is 36.6. The van der Waals surface area contributed by atoms with Gasteiger partial charge in [0, 0.05) is 4.57 Å². The van der Waals surface area contributed by atoms with Gasteiger partial charge in [0.25, 0.3) is 0 Å². The molecule has 1 aliphatic rings. The molecule has 6 atom stereocenters. The van der Waals surface area contributed by atoms with Gasteiger partial charge >= 0.3 is 8.25 Å². The normalized spacial score (nSPS) is 42.7. The Morgan fingerprint density at radius 2 is 1.80 bits per heavy atom. The zero-order valence-corrected chi connectivity index (χ0v) is 8.40. The molecule has 0 spiro atoms. The first-order valence-electron chi connectivity index (χ1n) is 4.10. The van der Waals surface area contributed by atoms with Gasteiger partial charge in [0.05, 0.1) is 6.61 Å². The molecule has 8 nitrogen and oxygen atoms in total. The van der Waals surface area contributed by atoms with E-state index in [0.717, 1.165) is 0 Å². The molecule has 0 amide bonds. The highest BCUT2D eigenvalue weighted by Gasteiger charge is 2.47. The molecule has 1 rings (SSSR count). The summed E-state index contributed by atoms with van der Waals surface area (Å²) < 4.78 is 19.4. The first-order chi connectivity index (χ1) is 6.97. The molecular formula is C6H12O8P+. The summed E-state index contributed by atoms with van der Waals surface area (Å²) in [5.41, 5.74) is 0. The van der Waals surface area contributed by atoms with E-state index in [-0.39, 0.29) is 0 Å². The van der Waals surface area contributed by atoms with Gasteiger partial charge in [-0.25, -0.2) is 0 Å². The zero-order valence-electron chi connectivity index (χ0n) is 7.50. The minimum atomic E-state index is -3.02. The Labute approximate surface area is 85.6 Å². The Balaban J connectivity index is 2.69. The first kappa shape index (κ1) is 12.9. The van der Waals surface area contributed by atoms with E-state index in [0.29, 0.717) is 0 Å². The number of hydrogen-bond donors (Lipinski definition) is 5. The Morgan fingerprint density at radius 3 is 2.27 bits per heavy atom. The summed E-state index contributed by atoms with van der Waals surface area (Å²) in [4.78, 5) is 8.42. The lowest BCUT2D eigenvalue weighted by atomic mass is 10.00. The summed E-state index contributed by atoms with van der Waals surface area (Å²) >= 11 is 0. The molecule has 0 aliphatic carbocycles. The minimum Gasteiger partial charge on any atom is -0.394 e. The predicted molar refractivity (Wildman–Crippen MR) is 44.7 cm³/mol. The van der Waals surface area contributed by atoms with Crippen LogP contribution in [0, 0.1) is 0 Å². The minimum absolute atomic E-state index is 0.618. The smallest absolute Gasteiger partial charge is 0.394 e. The molecule has 2 unspecified atom stereocenters. The lowest BCUT2D eigenvalue weighted by Gasteiger charge is -2.36. The van der Waals surface area contributed by atoms with Gasteiger partial charge < -0.3 is 25.2 Å². The van der Waals surface area contributed by atoms with Gasteiger partial charge in [0.2, 0.25) is 6.29 Å². The summed E-state index contributed by atoms with van der Waals surface area (Å²) in [5.74, 6) is 0. The van der Waals surface area contributed by atoms with Gasteiger partial charge in [0.1, 0.15) is 24.4 Å². The van der Waals surface area contributed by atoms with E-state index in [2.05, 4.69) is 4.52 Å². The van der Waals surface area contributed by atoms with Crippen molar-refractivity contribution in [3.8, 4) is 0 Å². The summed E-state index contributed by atoms with van der Waals surface area (Å²) in [7, 11) is -3.02. The van der Waals surface area contributed by atoms with Gasteiger partial charge in [-0.1, -0.05) is 4.52 Å². The Bertz CT molecular complexity index is 233. The predicted octanol–water partition coefficient (Wildman–Crippen LogP) is -2.55. The van der Waals surface area contributed by atoms with Crippen LogP contribution in [0.25, 0.3) is 0 Å². The third-order valence-electron chi connectivity index (χ3n) is 2.04. The van der Waals surface area contributed by atoms with E-state index < -0.39 is 45.6 Å². The van der Waals surface area contributed by atoms with E-state index in [1.165, 1.54) is 0 Å². The first-order valence-corrected chi connectivity index (χ1v) is 5.23. The lowest BCUT2D eigenvalue weighted by molar-refractivity contribution is -0.277. The molecule has 9 heteroatoms. The van der Waals surface area contributed by atoms with Crippen LogP contribution in [0.1, 0.15) is 0 Å². The van der Waals surface area contributed by atoms with Crippen LogP contribution in [-0.2, 0) is 13.8 Å². The van der Waals surface area contributed by atoms with Crippen molar-refractivity contribution in [1.29, 1.82) is 0 Å². The van der Waals surface area contributed by atoms with Crippen LogP contribution in [-0.4, -0.2) is 62.6 Å². The number of rotatable bonds is 3. The van der Waals surface area contributed by atoms with Crippen LogP contribution in [0.15, 0.2) is 0 Å². The van der Waals surface area contributed by atoms with Crippen molar-refractivity contribution in [3.63, 3.8) is 0 Å². The maximum atomic E-state index is 10.3. The van der Waals surface area contributed by atoms with Crippen LogP contribution in [0.4, 0.5) is 0 Å². The molecule has 15 heavy (non-hydrogen) atoms. The SMILES string of the molecule is O=[P+](O)OC1O[C@H](CO)[C@@H](O)[C@H](O)[C@@H]1O. The monoisotopic (exact) mass is 243 g/mol. The molecule has 1 fully saturated rings. The lowest BCUT2D eigenvalue weighted by Crippen LogP contribution is -2.58. The van der Waals surface area contributed by atoms with Gasteiger partial charge in [-0.2, -0.15) is 0 Å². The second-order valence-corrected chi connectivity index (χ2v) is 3.73. The van der Waals surface area contributed by atoms with Crippen LogP contribution >= 0.6 is 8.25 Å². The average molecular weight is 243 g/mol. The van der Waals surface area contributed by atoms with Crippen LogP contribution in [0.3, 0.4) is 0 Å². The summed E-state index contributed by atoms with van der Waals surface area (Å²) in [6, 6.07) is 0. The molecule has 0 radical (unpaired) electrons. The topological polar surface area (TPSA) is 137 Å². The third-order valence-corrected chi connectivity index (χ3v) is 2.43. The van der Waals surface area contributed by atoms with Gasteiger partial charge in [-0.15, -0.1) is 4.89 Å². The highest BCUT2D eigenvalue weighted by atomic mass is 31.1. The molecule has 1 saturated heterocycles. The molecule has 0 bridgehead atoms. The molecule has 5 N–H and O–H groups in total. The van der Waals surface area contributed by atoms with Crippen molar-refractivity contribution in [3.05, 3.63) is 0 Å². The molecule has 0 aromatic rings. The maximum absolute atomic E-state index is 10.3. The van der Waals surface area contributed by atoms with Crippen molar-refractivity contribution in [2.75, 3.05) is 6.61 Å². The van der Waals surface area contributed by atoms with Crippen molar-refractivity contribution in [1.82, 2.24) is 0 Å². The van der Waals surface area contributed by atoms with Crippen LogP contribution in [0.2, 0.25) is 0 Å². The maximum Gasteiger partial charge on any atom is 0.697 e. The van der Waals surface area contributed by atoms with Gasteiger partial charge in [0.15, 0.2) is 0 Å². The van der Waals surface area contributed by atoms with Crippen LogP contribution < -0.4 is 0 Å². The van der Waals surface area contributed by atoms with Crippen molar-refractivity contribution in [2.45, 2.75) is 30.7 Å². The zero-order chi connectivity index (χ0) is 11.6. The van der Waals surface area contributed by atoms with Crippen molar-refractivity contribution < 1.29 is 39.1 Å². The fraction of sp³-hybridized carbons (Fsp3) is 1.00. The van der Waals surface area contributed by atoms with Gasteiger partial charge in [-0.3, -0.25) is 0 Å². The van der Waals surface area contributed by atoms with E-state index in [9.17, 15) is 19.9 Å². The average Bonchev–Trinajstić information content (AvgIpc) is 2.18. The molecule has 0 saturated carbocycles. The van der Waals surface area contributed by atoms with E-state index >= 15 is 0 Å². The number of aliphatic hydroxyl groups is 4. The second-order valence-electron chi connectivity index (χ2n) is 3.04.